The molecule has 0 saturated carbocycles. The summed E-state index contributed by atoms with van der Waals surface area (Å²) in [5, 5.41) is 0.670. The fourth-order valence-electron chi connectivity index (χ4n) is 1.45. The van der Waals surface area contributed by atoms with Gasteiger partial charge in [0.25, 0.3) is 0 Å². The van der Waals surface area contributed by atoms with Crippen LogP contribution in [0.4, 0.5) is 0 Å². The highest BCUT2D eigenvalue weighted by Crippen LogP contribution is 2.37. The van der Waals surface area contributed by atoms with E-state index in [0.29, 0.717) is 5.02 Å². The first-order valence-electron chi connectivity index (χ1n) is 4.64. The number of rotatable bonds is 2. The largest absolute Gasteiger partial charge is 0.320 e. The minimum absolute atomic E-state index is 0.183. The maximum absolute atomic E-state index is 6.23. The first-order chi connectivity index (χ1) is 7.99. The molecule has 1 atom stereocenters. The van der Waals surface area contributed by atoms with Crippen LogP contribution in [0.25, 0.3) is 0 Å². The van der Waals surface area contributed by atoms with Crippen LogP contribution in [0.1, 0.15) is 17.2 Å². The van der Waals surface area contributed by atoms with Gasteiger partial charge in [0.1, 0.15) is 0 Å². The third-order valence-electron chi connectivity index (χ3n) is 2.32. The van der Waals surface area contributed by atoms with Crippen molar-refractivity contribution in [1.29, 1.82) is 0 Å². The summed E-state index contributed by atoms with van der Waals surface area (Å²) in [6, 6.07) is 7.60. The molecule has 2 N–H and O–H groups in total. The lowest BCUT2D eigenvalue weighted by molar-refractivity contribution is 0.872. The van der Waals surface area contributed by atoms with E-state index in [9.17, 15) is 0 Å². The van der Waals surface area contributed by atoms with Gasteiger partial charge in [-0.2, -0.15) is 0 Å². The van der Waals surface area contributed by atoms with Crippen molar-refractivity contribution in [2.45, 2.75) is 6.04 Å². The van der Waals surface area contributed by atoms with Gasteiger partial charge in [-0.1, -0.05) is 17.7 Å². The van der Waals surface area contributed by atoms with Crippen LogP contribution in [0.3, 0.4) is 0 Å². The van der Waals surface area contributed by atoms with E-state index in [1.54, 1.807) is 11.3 Å². The third-order valence-corrected chi connectivity index (χ3v) is 5.94. The van der Waals surface area contributed by atoms with Gasteiger partial charge in [0.05, 0.1) is 18.6 Å². The first-order valence-corrected chi connectivity index (χ1v) is 8.21. The van der Waals surface area contributed by atoms with E-state index in [4.69, 9.17) is 17.3 Å². The summed E-state index contributed by atoms with van der Waals surface area (Å²) in [6.45, 7) is 0. The standard InChI is InChI=1S/C11H7Br3ClNS/c12-7-2-1-5(3-8(7)15)10(16)6-4-9(13)17-11(6)14/h1-4,10H,16H2. The van der Waals surface area contributed by atoms with Crippen molar-refractivity contribution in [3.05, 3.63) is 52.5 Å². The molecular formula is C11H7Br3ClNS. The predicted octanol–water partition coefficient (Wildman–Crippen LogP) is 5.74. The van der Waals surface area contributed by atoms with Crippen LogP contribution in [0.15, 0.2) is 36.3 Å². The van der Waals surface area contributed by atoms with Crippen LogP contribution in [0, 0.1) is 0 Å². The molecule has 2 rings (SSSR count). The molecule has 1 aromatic carbocycles. The second-order valence-electron chi connectivity index (χ2n) is 3.43. The van der Waals surface area contributed by atoms with Gasteiger partial charge in [-0.05, 0) is 77.1 Å². The summed E-state index contributed by atoms with van der Waals surface area (Å²) in [6.07, 6.45) is 0. The lowest BCUT2D eigenvalue weighted by Crippen LogP contribution is -2.11. The van der Waals surface area contributed by atoms with Crippen LogP contribution in [-0.2, 0) is 0 Å². The second kappa shape index (κ2) is 5.72. The van der Waals surface area contributed by atoms with Crippen molar-refractivity contribution >= 4 is 70.7 Å². The van der Waals surface area contributed by atoms with Gasteiger partial charge in [0, 0.05) is 4.47 Å². The van der Waals surface area contributed by atoms with Crippen LogP contribution < -0.4 is 5.73 Å². The van der Waals surface area contributed by atoms with E-state index in [0.717, 1.165) is 23.2 Å². The maximum atomic E-state index is 6.23. The maximum Gasteiger partial charge on any atom is 0.0761 e. The molecule has 0 bridgehead atoms. The van der Waals surface area contributed by atoms with Crippen LogP contribution in [0.2, 0.25) is 5.02 Å². The molecule has 0 spiro atoms. The smallest absolute Gasteiger partial charge is 0.0761 e. The number of halogens is 4. The molecule has 1 nitrogen and oxygen atoms in total. The van der Waals surface area contributed by atoms with Gasteiger partial charge < -0.3 is 5.73 Å². The Balaban J connectivity index is 2.40. The van der Waals surface area contributed by atoms with Gasteiger partial charge in [-0.25, -0.2) is 0 Å². The second-order valence-corrected chi connectivity index (χ2v) is 8.44. The average Bonchev–Trinajstić information content (AvgIpc) is 2.61. The van der Waals surface area contributed by atoms with E-state index in [-0.39, 0.29) is 6.04 Å². The molecular weight excluding hydrogens is 453 g/mol. The van der Waals surface area contributed by atoms with Gasteiger partial charge in [0.15, 0.2) is 0 Å². The summed E-state index contributed by atoms with van der Waals surface area (Å²) >= 11 is 18.0. The Morgan fingerprint density at radius 1 is 1.18 bits per heavy atom. The first kappa shape index (κ1) is 14.0. The topological polar surface area (TPSA) is 26.0 Å². The summed E-state index contributed by atoms with van der Waals surface area (Å²) in [7, 11) is 0. The van der Waals surface area contributed by atoms with E-state index < -0.39 is 0 Å². The fraction of sp³-hybridized carbons (Fsp3) is 0.0909. The molecule has 17 heavy (non-hydrogen) atoms. The molecule has 1 unspecified atom stereocenters. The summed E-state index contributed by atoms with van der Waals surface area (Å²) in [5.74, 6) is 0. The van der Waals surface area contributed by atoms with Crippen molar-refractivity contribution in [2.24, 2.45) is 5.73 Å². The predicted molar refractivity (Wildman–Crippen MR) is 84.9 cm³/mol. The summed E-state index contributed by atoms with van der Waals surface area (Å²) in [5.41, 5.74) is 8.28. The van der Waals surface area contributed by atoms with Crippen molar-refractivity contribution < 1.29 is 0 Å². The van der Waals surface area contributed by atoms with E-state index in [1.165, 1.54) is 0 Å². The van der Waals surface area contributed by atoms with Crippen LogP contribution in [0.5, 0.6) is 0 Å². The average molecular weight is 460 g/mol. The number of hydrogen-bond donors (Lipinski definition) is 1. The Hall–Kier alpha value is 0.610. The quantitative estimate of drug-likeness (QED) is 0.608. The molecule has 0 saturated heterocycles. The Morgan fingerprint density at radius 3 is 2.41 bits per heavy atom. The molecule has 6 heteroatoms. The third kappa shape index (κ3) is 3.14. The van der Waals surface area contributed by atoms with Crippen molar-refractivity contribution in [1.82, 2.24) is 0 Å². The van der Waals surface area contributed by atoms with Crippen molar-refractivity contribution in [3.63, 3.8) is 0 Å². The summed E-state index contributed by atoms with van der Waals surface area (Å²) < 4.78 is 2.97. The minimum Gasteiger partial charge on any atom is -0.320 e. The molecule has 0 amide bonds. The number of thiophene rings is 1. The van der Waals surface area contributed by atoms with Gasteiger partial charge in [0.2, 0.25) is 0 Å². The molecule has 90 valence electrons. The zero-order valence-electron chi connectivity index (χ0n) is 8.38. The monoisotopic (exact) mass is 457 g/mol. The number of hydrogen-bond acceptors (Lipinski definition) is 2. The number of benzene rings is 1. The highest BCUT2D eigenvalue weighted by molar-refractivity contribution is 9.12. The minimum atomic E-state index is -0.183. The molecule has 1 aromatic heterocycles. The summed E-state index contributed by atoms with van der Waals surface area (Å²) in [4.78, 5) is 0. The Bertz CT molecular complexity index is 556. The Morgan fingerprint density at radius 2 is 1.88 bits per heavy atom. The lowest BCUT2D eigenvalue weighted by Gasteiger charge is -2.12. The Kier molecular flexibility index (Phi) is 4.72. The molecule has 1 heterocycles. The van der Waals surface area contributed by atoms with E-state index >= 15 is 0 Å². The molecule has 0 aliphatic rings. The molecule has 0 fully saturated rings. The lowest BCUT2D eigenvalue weighted by atomic mass is 10.0. The number of nitrogens with two attached hydrogens (primary N) is 1. The van der Waals surface area contributed by atoms with Crippen molar-refractivity contribution in [2.75, 3.05) is 0 Å². The van der Waals surface area contributed by atoms with E-state index in [1.807, 2.05) is 24.3 Å². The zero-order chi connectivity index (χ0) is 12.6. The zero-order valence-corrected chi connectivity index (χ0v) is 14.7. The van der Waals surface area contributed by atoms with E-state index in [2.05, 4.69) is 47.8 Å². The highest BCUT2D eigenvalue weighted by atomic mass is 79.9. The molecule has 0 radical (unpaired) electrons. The molecule has 0 aliphatic heterocycles. The van der Waals surface area contributed by atoms with Gasteiger partial charge >= 0.3 is 0 Å². The van der Waals surface area contributed by atoms with Crippen molar-refractivity contribution in [3.8, 4) is 0 Å². The van der Waals surface area contributed by atoms with Crippen LogP contribution in [-0.4, -0.2) is 0 Å². The molecule has 2 aromatic rings. The molecule has 0 aliphatic carbocycles. The SMILES string of the molecule is NC(c1ccc(Br)c(Cl)c1)c1cc(Br)sc1Br. The normalized spacial score (nSPS) is 12.8. The fourth-order valence-corrected chi connectivity index (χ4v) is 4.82. The van der Waals surface area contributed by atoms with Gasteiger partial charge in [-0.15, -0.1) is 11.3 Å². The van der Waals surface area contributed by atoms with Crippen LogP contribution >= 0.6 is 70.7 Å². The highest BCUT2D eigenvalue weighted by Gasteiger charge is 2.16. The van der Waals surface area contributed by atoms with Gasteiger partial charge in [-0.3, -0.25) is 0 Å². The Labute approximate surface area is 134 Å².